The van der Waals surface area contributed by atoms with E-state index in [1.54, 1.807) is 18.2 Å². The molecule has 5 heteroatoms. The van der Waals surface area contributed by atoms with E-state index >= 15 is 0 Å². The molecule has 0 aliphatic carbocycles. The number of rotatable bonds is 11. The predicted molar refractivity (Wildman–Crippen MR) is 109 cm³/mol. The zero-order valence-corrected chi connectivity index (χ0v) is 17.0. The molecule has 1 aromatic carbocycles. The van der Waals surface area contributed by atoms with E-state index in [0.29, 0.717) is 31.4 Å². The summed E-state index contributed by atoms with van der Waals surface area (Å²) < 4.78 is 4.70. The van der Waals surface area contributed by atoms with Crippen LogP contribution in [0.25, 0.3) is 0 Å². The van der Waals surface area contributed by atoms with Gasteiger partial charge in [0, 0.05) is 19.4 Å². The highest BCUT2D eigenvalue weighted by Crippen LogP contribution is 2.21. The number of likely N-dealkylation sites (tertiary alicyclic amines) is 1. The second-order valence-corrected chi connectivity index (χ2v) is 7.27. The number of methoxy groups -OCH3 is 1. The second kappa shape index (κ2) is 11.4. The lowest BCUT2D eigenvalue weighted by Gasteiger charge is -2.22. The number of hydrogen-bond donors (Lipinski definition) is 0. The fraction of sp³-hybridized carbons (Fsp3) is 0.522. The Labute approximate surface area is 167 Å². The number of benzene rings is 1. The number of hydrogen-bond acceptors (Lipinski definition) is 4. The van der Waals surface area contributed by atoms with E-state index in [4.69, 9.17) is 4.74 Å². The molecule has 1 aliphatic rings. The van der Waals surface area contributed by atoms with Gasteiger partial charge in [-0.1, -0.05) is 44.4 Å². The van der Waals surface area contributed by atoms with E-state index in [-0.39, 0.29) is 23.7 Å². The van der Waals surface area contributed by atoms with Crippen molar-refractivity contribution in [3.8, 4) is 0 Å². The molecular formula is C23H31NO4. The van der Waals surface area contributed by atoms with Crippen LogP contribution >= 0.6 is 0 Å². The average Bonchev–Trinajstić information content (AvgIpc) is 3.07. The fourth-order valence-corrected chi connectivity index (χ4v) is 3.45. The predicted octanol–water partition coefficient (Wildman–Crippen LogP) is 4.10. The first kappa shape index (κ1) is 21.9. The van der Waals surface area contributed by atoms with Crippen LogP contribution in [-0.4, -0.2) is 42.3 Å². The van der Waals surface area contributed by atoms with E-state index in [9.17, 15) is 14.4 Å². The number of allylic oxidation sites excluding steroid dienone is 1. The molecule has 1 fully saturated rings. The normalized spacial score (nSPS) is 16.7. The van der Waals surface area contributed by atoms with Crippen LogP contribution in [0.1, 0.15) is 67.8 Å². The largest absolute Gasteiger partial charge is 0.465 e. The standard InChI is InChI=1S/C23H31NO4/c1-3-4-5-6-7-21(25)14-12-20-13-15-22(26)24(20)17-16-18-8-10-19(11-9-18)23(27)28-2/h8-12,14,20H,3-7,13,15-17H2,1-2H3. The van der Waals surface area contributed by atoms with Crippen molar-refractivity contribution >= 4 is 17.7 Å². The molecule has 5 nitrogen and oxygen atoms in total. The van der Waals surface area contributed by atoms with Gasteiger partial charge in [-0.15, -0.1) is 0 Å². The van der Waals surface area contributed by atoms with E-state index in [1.807, 2.05) is 23.1 Å². The number of carbonyl (C=O) groups excluding carboxylic acids is 3. The van der Waals surface area contributed by atoms with Crippen LogP contribution in [0.4, 0.5) is 0 Å². The molecule has 0 bridgehead atoms. The third-order valence-electron chi connectivity index (χ3n) is 5.17. The third kappa shape index (κ3) is 6.63. The number of ketones is 1. The summed E-state index contributed by atoms with van der Waals surface area (Å²) in [6.45, 7) is 2.76. The van der Waals surface area contributed by atoms with Gasteiger partial charge in [0.15, 0.2) is 5.78 Å². The minimum Gasteiger partial charge on any atom is -0.465 e. The van der Waals surface area contributed by atoms with Gasteiger partial charge in [-0.25, -0.2) is 4.79 Å². The number of amides is 1. The lowest BCUT2D eigenvalue weighted by Crippen LogP contribution is -2.33. The maximum atomic E-state index is 12.2. The smallest absolute Gasteiger partial charge is 0.337 e. The average molecular weight is 386 g/mol. The minimum absolute atomic E-state index is 0.00133. The van der Waals surface area contributed by atoms with Gasteiger partial charge in [0.1, 0.15) is 0 Å². The zero-order chi connectivity index (χ0) is 20.4. The van der Waals surface area contributed by atoms with Gasteiger partial charge < -0.3 is 9.64 Å². The lowest BCUT2D eigenvalue weighted by molar-refractivity contribution is -0.128. The highest BCUT2D eigenvalue weighted by molar-refractivity contribution is 5.90. The van der Waals surface area contributed by atoms with Crippen LogP contribution in [0.3, 0.4) is 0 Å². The van der Waals surface area contributed by atoms with Gasteiger partial charge in [0.2, 0.25) is 5.91 Å². The first-order chi connectivity index (χ1) is 13.5. The van der Waals surface area contributed by atoms with Crippen molar-refractivity contribution in [3.63, 3.8) is 0 Å². The van der Waals surface area contributed by atoms with Crippen molar-refractivity contribution in [2.24, 2.45) is 0 Å². The Morgan fingerprint density at radius 2 is 1.93 bits per heavy atom. The van der Waals surface area contributed by atoms with Crippen molar-refractivity contribution in [2.75, 3.05) is 13.7 Å². The van der Waals surface area contributed by atoms with Crippen LogP contribution in [0.2, 0.25) is 0 Å². The van der Waals surface area contributed by atoms with Crippen molar-refractivity contribution in [3.05, 3.63) is 47.5 Å². The monoisotopic (exact) mass is 385 g/mol. The second-order valence-electron chi connectivity index (χ2n) is 7.27. The minimum atomic E-state index is -0.356. The maximum absolute atomic E-state index is 12.2. The summed E-state index contributed by atoms with van der Waals surface area (Å²) in [6, 6.07) is 7.25. The lowest BCUT2D eigenvalue weighted by atomic mass is 10.1. The van der Waals surface area contributed by atoms with E-state index in [0.717, 1.165) is 31.2 Å². The molecule has 152 valence electrons. The first-order valence-corrected chi connectivity index (χ1v) is 10.2. The molecule has 0 aromatic heterocycles. The Balaban J connectivity index is 1.85. The highest BCUT2D eigenvalue weighted by Gasteiger charge is 2.28. The van der Waals surface area contributed by atoms with Gasteiger partial charge in [-0.05, 0) is 43.0 Å². The van der Waals surface area contributed by atoms with Gasteiger partial charge in [-0.3, -0.25) is 9.59 Å². The van der Waals surface area contributed by atoms with Gasteiger partial charge in [0.25, 0.3) is 0 Å². The Bertz CT molecular complexity index is 693. The number of nitrogens with zero attached hydrogens (tertiary/aromatic N) is 1. The molecule has 1 amide bonds. The molecule has 1 unspecified atom stereocenters. The Hall–Kier alpha value is -2.43. The van der Waals surface area contributed by atoms with Crippen molar-refractivity contribution in [2.45, 2.75) is 64.3 Å². The summed E-state index contributed by atoms with van der Waals surface area (Å²) in [6.07, 6.45) is 10.5. The summed E-state index contributed by atoms with van der Waals surface area (Å²) in [5.74, 6) is -0.0733. The van der Waals surface area contributed by atoms with Crippen LogP contribution in [0.5, 0.6) is 0 Å². The molecule has 1 atom stereocenters. The summed E-state index contributed by atoms with van der Waals surface area (Å²) >= 11 is 0. The van der Waals surface area contributed by atoms with Crippen molar-refractivity contribution in [1.82, 2.24) is 4.90 Å². The number of esters is 1. The zero-order valence-electron chi connectivity index (χ0n) is 17.0. The third-order valence-corrected chi connectivity index (χ3v) is 5.17. The van der Waals surface area contributed by atoms with Gasteiger partial charge in [0.05, 0.1) is 18.7 Å². The number of carbonyl (C=O) groups is 3. The summed E-state index contributed by atoms with van der Waals surface area (Å²) in [7, 11) is 1.36. The molecule has 28 heavy (non-hydrogen) atoms. The van der Waals surface area contributed by atoms with Gasteiger partial charge >= 0.3 is 5.97 Å². The molecule has 0 saturated carbocycles. The molecule has 0 spiro atoms. The summed E-state index contributed by atoms with van der Waals surface area (Å²) in [5.41, 5.74) is 1.57. The maximum Gasteiger partial charge on any atom is 0.337 e. The molecule has 1 saturated heterocycles. The van der Waals surface area contributed by atoms with Crippen LogP contribution in [-0.2, 0) is 20.7 Å². The Morgan fingerprint density at radius 3 is 2.61 bits per heavy atom. The molecule has 0 N–H and O–H groups in total. The van der Waals surface area contributed by atoms with E-state index in [2.05, 4.69) is 6.92 Å². The Morgan fingerprint density at radius 1 is 1.18 bits per heavy atom. The fourth-order valence-electron chi connectivity index (χ4n) is 3.45. The topological polar surface area (TPSA) is 63.7 Å². The Kier molecular flexibility index (Phi) is 8.92. The number of ether oxygens (including phenoxy) is 1. The van der Waals surface area contributed by atoms with Crippen LogP contribution < -0.4 is 0 Å². The molecule has 2 rings (SSSR count). The highest BCUT2D eigenvalue weighted by atomic mass is 16.5. The molecule has 1 aromatic rings. The van der Waals surface area contributed by atoms with Crippen LogP contribution in [0.15, 0.2) is 36.4 Å². The molecule has 0 radical (unpaired) electrons. The molecule has 1 heterocycles. The molecular weight excluding hydrogens is 354 g/mol. The molecule has 1 aliphatic heterocycles. The summed E-state index contributed by atoms with van der Waals surface area (Å²) in [4.78, 5) is 37.6. The van der Waals surface area contributed by atoms with Crippen molar-refractivity contribution < 1.29 is 19.1 Å². The SMILES string of the molecule is CCCCCCC(=O)C=CC1CCC(=O)N1CCc1ccc(C(=O)OC)cc1. The quantitative estimate of drug-likeness (QED) is 0.327. The van der Waals surface area contributed by atoms with Gasteiger partial charge in [-0.2, -0.15) is 0 Å². The van der Waals surface area contributed by atoms with E-state index < -0.39 is 0 Å². The van der Waals surface area contributed by atoms with E-state index in [1.165, 1.54) is 13.5 Å². The first-order valence-electron chi connectivity index (χ1n) is 10.2. The van der Waals surface area contributed by atoms with Crippen LogP contribution in [0, 0.1) is 0 Å². The summed E-state index contributed by atoms with van der Waals surface area (Å²) in [5, 5.41) is 0. The number of unbranched alkanes of at least 4 members (excludes halogenated alkanes) is 3. The van der Waals surface area contributed by atoms with Crippen molar-refractivity contribution in [1.29, 1.82) is 0 Å².